The van der Waals surface area contributed by atoms with Gasteiger partial charge in [-0.2, -0.15) is 13.2 Å². The van der Waals surface area contributed by atoms with Gasteiger partial charge in [0.25, 0.3) is 0 Å². The van der Waals surface area contributed by atoms with Crippen LogP contribution >= 0.6 is 0 Å². The molecule has 0 saturated carbocycles. The average Bonchev–Trinajstić information content (AvgIpc) is 2.73. The van der Waals surface area contributed by atoms with Gasteiger partial charge in [0.1, 0.15) is 0 Å². The molecule has 3 aromatic rings. The number of hydrogen-bond donors (Lipinski definition) is 1. The van der Waals surface area contributed by atoms with Gasteiger partial charge in [0, 0.05) is 6.20 Å². The Morgan fingerprint density at radius 2 is 1.95 bits per heavy atom. The molecule has 0 amide bonds. The fourth-order valence-electron chi connectivity index (χ4n) is 2.00. The van der Waals surface area contributed by atoms with E-state index in [0.717, 1.165) is 16.7 Å². The van der Waals surface area contributed by atoms with Crippen LogP contribution in [0.3, 0.4) is 0 Å². The number of nitrogens with zero attached hydrogens (tertiary/aromatic N) is 2. The second kappa shape index (κ2) is 4.22. The van der Waals surface area contributed by atoms with Crippen molar-refractivity contribution in [3.63, 3.8) is 0 Å². The monoisotopic (exact) mass is 279 g/mol. The number of halogens is 3. The highest BCUT2D eigenvalue weighted by Crippen LogP contribution is 2.30. The number of nitrogens with one attached hydrogen (secondary N) is 1. The molecule has 0 unspecified atom stereocenters. The first kappa shape index (κ1) is 12.5. The lowest BCUT2D eigenvalue weighted by molar-refractivity contribution is -0.137. The Kier molecular flexibility index (Phi) is 2.63. The van der Waals surface area contributed by atoms with E-state index < -0.39 is 17.4 Å². The van der Waals surface area contributed by atoms with E-state index in [4.69, 9.17) is 0 Å². The largest absolute Gasteiger partial charge is 0.416 e. The first-order chi connectivity index (χ1) is 9.47. The standard InChI is InChI=1S/C13H8F3N3O/c14-13(15,16)8-3-1-4-9(7-8)19-11-10(18-12(19)20)5-2-6-17-11/h1-7H,(H,18,20). The van der Waals surface area contributed by atoms with E-state index in [-0.39, 0.29) is 11.3 Å². The molecule has 0 atom stereocenters. The number of alkyl halides is 3. The van der Waals surface area contributed by atoms with Gasteiger partial charge in [-0.05, 0) is 30.3 Å². The highest BCUT2D eigenvalue weighted by molar-refractivity contribution is 5.72. The third-order valence-corrected chi connectivity index (χ3v) is 2.87. The summed E-state index contributed by atoms with van der Waals surface area (Å²) in [4.78, 5) is 18.5. The Morgan fingerprint density at radius 3 is 2.70 bits per heavy atom. The van der Waals surface area contributed by atoms with E-state index in [1.807, 2.05) is 0 Å². The molecule has 1 N–H and O–H groups in total. The van der Waals surface area contributed by atoms with Crippen molar-refractivity contribution >= 4 is 11.2 Å². The second-order valence-electron chi connectivity index (χ2n) is 4.19. The van der Waals surface area contributed by atoms with E-state index in [1.165, 1.54) is 18.3 Å². The van der Waals surface area contributed by atoms with Crippen LogP contribution in [0.25, 0.3) is 16.9 Å². The maximum Gasteiger partial charge on any atom is 0.416 e. The second-order valence-corrected chi connectivity index (χ2v) is 4.19. The van der Waals surface area contributed by atoms with Crippen LogP contribution in [0.5, 0.6) is 0 Å². The maximum atomic E-state index is 12.7. The summed E-state index contributed by atoms with van der Waals surface area (Å²) in [6.07, 6.45) is -2.99. The third kappa shape index (κ3) is 1.97. The SMILES string of the molecule is O=c1[nH]c2cccnc2n1-c1cccc(C(F)(F)F)c1. The molecule has 102 valence electrons. The molecular weight excluding hydrogens is 271 g/mol. The zero-order valence-corrected chi connectivity index (χ0v) is 9.98. The molecule has 0 saturated heterocycles. The maximum absolute atomic E-state index is 12.7. The van der Waals surface area contributed by atoms with Gasteiger partial charge in [-0.1, -0.05) is 6.07 Å². The summed E-state index contributed by atoms with van der Waals surface area (Å²) >= 11 is 0. The van der Waals surface area contributed by atoms with Crippen molar-refractivity contribution in [2.45, 2.75) is 6.18 Å². The summed E-state index contributed by atoms with van der Waals surface area (Å²) in [5.74, 6) is 0. The number of rotatable bonds is 1. The minimum Gasteiger partial charge on any atom is -0.304 e. The van der Waals surface area contributed by atoms with Gasteiger partial charge >= 0.3 is 11.9 Å². The molecule has 0 aliphatic carbocycles. The van der Waals surface area contributed by atoms with E-state index >= 15 is 0 Å². The van der Waals surface area contributed by atoms with E-state index in [0.29, 0.717) is 5.52 Å². The summed E-state index contributed by atoms with van der Waals surface area (Å²) in [5.41, 5.74) is -0.466. The van der Waals surface area contributed by atoms with Crippen molar-refractivity contribution in [2.24, 2.45) is 0 Å². The van der Waals surface area contributed by atoms with Gasteiger partial charge < -0.3 is 4.98 Å². The molecule has 7 heteroatoms. The quantitative estimate of drug-likeness (QED) is 0.744. The predicted octanol–water partition coefficient (Wildman–Crippen LogP) is 2.73. The Hall–Kier alpha value is -2.57. The predicted molar refractivity (Wildman–Crippen MR) is 66.7 cm³/mol. The van der Waals surface area contributed by atoms with Crippen LogP contribution in [0.1, 0.15) is 5.56 Å². The number of aromatic nitrogens is 3. The topological polar surface area (TPSA) is 50.7 Å². The first-order valence-electron chi connectivity index (χ1n) is 5.70. The minimum atomic E-state index is -4.46. The average molecular weight is 279 g/mol. The van der Waals surface area contributed by atoms with Crippen molar-refractivity contribution in [1.29, 1.82) is 0 Å². The lowest BCUT2D eigenvalue weighted by Crippen LogP contribution is -2.16. The zero-order chi connectivity index (χ0) is 14.3. The van der Waals surface area contributed by atoms with Crippen LogP contribution in [0.4, 0.5) is 13.2 Å². The summed E-state index contributed by atoms with van der Waals surface area (Å²) in [6.45, 7) is 0. The first-order valence-corrected chi connectivity index (χ1v) is 5.70. The fourth-order valence-corrected chi connectivity index (χ4v) is 2.00. The van der Waals surface area contributed by atoms with Gasteiger partial charge in [0.15, 0.2) is 5.65 Å². The molecule has 1 aromatic carbocycles. The minimum absolute atomic E-state index is 0.120. The molecule has 2 heterocycles. The van der Waals surface area contributed by atoms with Crippen molar-refractivity contribution < 1.29 is 13.2 Å². The van der Waals surface area contributed by atoms with Crippen molar-refractivity contribution in [3.05, 3.63) is 58.6 Å². The molecule has 0 radical (unpaired) electrons. The molecule has 2 aromatic heterocycles. The number of hydrogen-bond acceptors (Lipinski definition) is 2. The summed E-state index contributed by atoms with van der Waals surface area (Å²) < 4.78 is 39.3. The van der Waals surface area contributed by atoms with Crippen molar-refractivity contribution in [3.8, 4) is 5.69 Å². The van der Waals surface area contributed by atoms with E-state index in [2.05, 4.69) is 9.97 Å². The van der Waals surface area contributed by atoms with Crippen LogP contribution in [-0.4, -0.2) is 14.5 Å². The number of benzene rings is 1. The lowest BCUT2D eigenvalue weighted by atomic mass is 10.2. The van der Waals surface area contributed by atoms with Gasteiger partial charge in [-0.25, -0.2) is 14.3 Å². The van der Waals surface area contributed by atoms with Gasteiger partial charge in [0.05, 0.1) is 16.8 Å². The van der Waals surface area contributed by atoms with Gasteiger partial charge in [-0.3, -0.25) is 0 Å². The van der Waals surface area contributed by atoms with Crippen LogP contribution in [-0.2, 0) is 6.18 Å². The molecule has 20 heavy (non-hydrogen) atoms. The molecule has 0 fully saturated rings. The molecule has 0 bridgehead atoms. The van der Waals surface area contributed by atoms with Crippen molar-refractivity contribution in [1.82, 2.24) is 14.5 Å². The smallest absolute Gasteiger partial charge is 0.304 e. The highest BCUT2D eigenvalue weighted by atomic mass is 19.4. The number of aromatic amines is 1. The third-order valence-electron chi connectivity index (χ3n) is 2.87. The van der Waals surface area contributed by atoms with Crippen LogP contribution in [0, 0.1) is 0 Å². The molecule has 0 aliphatic heterocycles. The summed E-state index contributed by atoms with van der Waals surface area (Å²) in [7, 11) is 0. The highest BCUT2D eigenvalue weighted by Gasteiger charge is 2.30. The Balaban J connectivity index is 2.26. The summed E-state index contributed by atoms with van der Waals surface area (Å²) in [6, 6.07) is 7.83. The zero-order valence-electron chi connectivity index (χ0n) is 9.98. The number of imidazole rings is 1. The Bertz CT molecular complexity index is 832. The summed E-state index contributed by atoms with van der Waals surface area (Å²) in [5, 5.41) is 0. The molecular formula is C13H8F3N3O. The van der Waals surface area contributed by atoms with Crippen LogP contribution < -0.4 is 5.69 Å². The molecule has 3 rings (SSSR count). The molecule has 0 aliphatic rings. The van der Waals surface area contributed by atoms with E-state index in [9.17, 15) is 18.0 Å². The van der Waals surface area contributed by atoms with Crippen LogP contribution in [0.2, 0.25) is 0 Å². The number of H-pyrrole nitrogens is 1. The number of fused-ring (bicyclic) bond motifs is 1. The fraction of sp³-hybridized carbons (Fsp3) is 0.0769. The molecule has 4 nitrogen and oxygen atoms in total. The Morgan fingerprint density at radius 1 is 1.15 bits per heavy atom. The van der Waals surface area contributed by atoms with Gasteiger partial charge in [-0.15, -0.1) is 0 Å². The van der Waals surface area contributed by atoms with Crippen molar-refractivity contribution in [2.75, 3.05) is 0 Å². The van der Waals surface area contributed by atoms with E-state index in [1.54, 1.807) is 12.1 Å². The lowest BCUT2D eigenvalue weighted by Gasteiger charge is -2.09. The Labute approximate surface area is 110 Å². The van der Waals surface area contributed by atoms with Crippen LogP contribution in [0.15, 0.2) is 47.4 Å². The normalized spacial score (nSPS) is 11.9. The number of pyridine rings is 1. The van der Waals surface area contributed by atoms with Gasteiger partial charge in [0.2, 0.25) is 0 Å². The molecule has 0 spiro atoms.